The SMILES string of the molecule is CC1(C)C[C@@H](COc2cccc(O)c2Br)N(C(=O)O)C1. The van der Waals surface area contributed by atoms with Crippen molar-refractivity contribution in [1.29, 1.82) is 0 Å². The molecule has 1 saturated heterocycles. The Morgan fingerprint density at radius 1 is 1.55 bits per heavy atom. The van der Waals surface area contributed by atoms with E-state index < -0.39 is 6.09 Å². The number of carboxylic acid groups (broad SMARTS) is 1. The molecular weight excluding hydrogens is 326 g/mol. The van der Waals surface area contributed by atoms with Gasteiger partial charge < -0.3 is 19.8 Å². The first-order valence-electron chi connectivity index (χ1n) is 6.40. The van der Waals surface area contributed by atoms with Gasteiger partial charge in [0.15, 0.2) is 0 Å². The molecule has 1 aliphatic rings. The second-order valence-corrected chi connectivity index (χ2v) is 6.63. The van der Waals surface area contributed by atoms with Gasteiger partial charge in [-0.05, 0) is 39.9 Å². The lowest BCUT2D eigenvalue weighted by Crippen LogP contribution is -2.38. The molecule has 0 unspecified atom stereocenters. The highest BCUT2D eigenvalue weighted by atomic mass is 79.9. The predicted molar refractivity (Wildman–Crippen MR) is 78.2 cm³/mol. The van der Waals surface area contributed by atoms with Gasteiger partial charge in [0, 0.05) is 6.54 Å². The molecule has 0 bridgehead atoms. The van der Waals surface area contributed by atoms with Crippen LogP contribution in [0.3, 0.4) is 0 Å². The molecule has 0 radical (unpaired) electrons. The monoisotopic (exact) mass is 343 g/mol. The van der Waals surface area contributed by atoms with Crippen molar-refractivity contribution >= 4 is 22.0 Å². The molecule has 1 aromatic carbocycles. The Kier molecular flexibility index (Phi) is 4.13. The second kappa shape index (κ2) is 5.52. The number of halogens is 1. The van der Waals surface area contributed by atoms with E-state index in [2.05, 4.69) is 15.9 Å². The number of carbonyl (C=O) groups is 1. The number of ether oxygens (including phenoxy) is 1. The highest BCUT2D eigenvalue weighted by Gasteiger charge is 2.40. The number of nitrogens with zero attached hydrogens (tertiary/aromatic N) is 1. The second-order valence-electron chi connectivity index (χ2n) is 5.83. The number of likely N-dealkylation sites (tertiary alicyclic amines) is 1. The topological polar surface area (TPSA) is 70.0 Å². The van der Waals surface area contributed by atoms with E-state index in [-0.39, 0.29) is 23.8 Å². The van der Waals surface area contributed by atoms with E-state index in [1.54, 1.807) is 18.2 Å². The first-order valence-corrected chi connectivity index (χ1v) is 7.19. The third kappa shape index (κ3) is 3.17. The minimum Gasteiger partial charge on any atom is -0.507 e. The third-order valence-electron chi connectivity index (χ3n) is 3.45. The van der Waals surface area contributed by atoms with Gasteiger partial charge in [0.25, 0.3) is 0 Å². The fraction of sp³-hybridized carbons (Fsp3) is 0.500. The molecule has 1 fully saturated rings. The molecule has 110 valence electrons. The first-order chi connectivity index (χ1) is 9.30. The molecule has 1 heterocycles. The maximum atomic E-state index is 11.3. The lowest BCUT2D eigenvalue weighted by atomic mass is 9.91. The molecular formula is C14H18BrNO4. The molecule has 1 aliphatic heterocycles. The highest BCUT2D eigenvalue weighted by molar-refractivity contribution is 9.10. The van der Waals surface area contributed by atoms with Crippen LogP contribution in [0.2, 0.25) is 0 Å². The largest absolute Gasteiger partial charge is 0.507 e. The molecule has 1 amide bonds. The summed E-state index contributed by atoms with van der Waals surface area (Å²) in [6, 6.07) is 4.80. The van der Waals surface area contributed by atoms with E-state index in [1.807, 2.05) is 13.8 Å². The Bertz CT molecular complexity index is 518. The summed E-state index contributed by atoms with van der Waals surface area (Å²) < 4.78 is 6.15. The highest BCUT2D eigenvalue weighted by Crippen LogP contribution is 2.36. The Hall–Kier alpha value is -1.43. The summed E-state index contributed by atoms with van der Waals surface area (Å²) in [5.41, 5.74) is -0.0392. The van der Waals surface area contributed by atoms with Gasteiger partial charge in [-0.1, -0.05) is 19.9 Å². The number of aromatic hydroxyl groups is 1. The van der Waals surface area contributed by atoms with Crippen LogP contribution in [0.4, 0.5) is 4.79 Å². The molecule has 20 heavy (non-hydrogen) atoms. The van der Waals surface area contributed by atoms with Crippen LogP contribution in [-0.2, 0) is 0 Å². The lowest BCUT2D eigenvalue weighted by Gasteiger charge is -2.22. The molecule has 2 rings (SSSR count). The molecule has 1 atom stereocenters. The van der Waals surface area contributed by atoms with Crippen LogP contribution in [-0.4, -0.2) is 40.4 Å². The van der Waals surface area contributed by atoms with Crippen molar-refractivity contribution in [3.05, 3.63) is 22.7 Å². The summed E-state index contributed by atoms with van der Waals surface area (Å²) in [7, 11) is 0. The van der Waals surface area contributed by atoms with Crippen molar-refractivity contribution < 1.29 is 19.7 Å². The van der Waals surface area contributed by atoms with Gasteiger partial charge in [0.1, 0.15) is 22.6 Å². The zero-order chi connectivity index (χ0) is 14.9. The first kappa shape index (κ1) is 15.0. The number of hydrogen-bond donors (Lipinski definition) is 2. The predicted octanol–water partition coefficient (Wildman–Crippen LogP) is 3.31. The lowest BCUT2D eigenvalue weighted by molar-refractivity contribution is 0.121. The standard InChI is InChI=1S/C14H18BrNO4/c1-14(2)6-9(16(8-14)13(18)19)7-20-11-5-3-4-10(17)12(11)15/h3-5,9,17H,6-8H2,1-2H3,(H,18,19)/t9-/m0/s1. The van der Waals surface area contributed by atoms with Crippen molar-refractivity contribution in [1.82, 2.24) is 4.90 Å². The molecule has 0 aromatic heterocycles. The van der Waals surface area contributed by atoms with Crippen LogP contribution >= 0.6 is 15.9 Å². The van der Waals surface area contributed by atoms with Gasteiger partial charge in [0.2, 0.25) is 0 Å². The van der Waals surface area contributed by atoms with Crippen molar-refractivity contribution in [3.63, 3.8) is 0 Å². The zero-order valence-electron chi connectivity index (χ0n) is 11.5. The molecule has 5 nitrogen and oxygen atoms in total. The van der Waals surface area contributed by atoms with E-state index in [9.17, 15) is 15.0 Å². The maximum Gasteiger partial charge on any atom is 0.407 e. The normalized spacial score (nSPS) is 20.9. The van der Waals surface area contributed by atoms with E-state index in [0.29, 0.717) is 16.8 Å². The van der Waals surface area contributed by atoms with Crippen LogP contribution < -0.4 is 4.74 Å². The van der Waals surface area contributed by atoms with Crippen molar-refractivity contribution in [3.8, 4) is 11.5 Å². The zero-order valence-corrected chi connectivity index (χ0v) is 13.1. The molecule has 6 heteroatoms. The number of phenolic OH excluding ortho intramolecular Hbond substituents is 1. The quantitative estimate of drug-likeness (QED) is 0.883. The van der Waals surface area contributed by atoms with Gasteiger partial charge >= 0.3 is 6.09 Å². The Balaban J connectivity index is 2.06. The fourth-order valence-electron chi connectivity index (χ4n) is 2.57. The van der Waals surface area contributed by atoms with E-state index in [4.69, 9.17) is 4.74 Å². The number of phenols is 1. The summed E-state index contributed by atoms with van der Waals surface area (Å²) in [6.07, 6.45) is -0.158. The number of benzene rings is 1. The maximum absolute atomic E-state index is 11.3. The fourth-order valence-corrected chi connectivity index (χ4v) is 2.95. The van der Waals surface area contributed by atoms with Crippen molar-refractivity contribution in [2.45, 2.75) is 26.3 Å². The van der Waals surface area contributed by atoms with Crippen LogP contribution in [0, 0.1) is 5.41 Å². The number of amides is 1. The van der Waals surface area contributed by atoms with Gasteiger partial charge in [-0.15, -0.1) is 0 Å². The van der Waals surface area contributed by atoms with Crippen LogP contribution in [0.15, 0.2) is 22.7 Å². The van der Waals surface area contributed by atoms with E-state index in [1.165, 1.54) is 4.90 Å². The summed E-state index contributed by atoms with van der Waals surface area (Å²) in [5.74, 6) is 0.615. The van der Waals surface area contributed by atoms with Crippen molar-refractivity contribution in [2.75, 3.05) is 13.2 Å². The average Bonchev–Trinajstić information content (AvgIpc) is 2.67. The Labute approximate surface area is 126 Å². The summed E-state index contributed by atoms with van der Waals surface area (Å²) in [4.78, 5) is 12.7. The molecule has 0 saturated carbocycles. The Morgan fingerprint density at radius 3 is 2.90 bits per heavy atom. The smallest absolute Gasteiger partial charge is 0.407 e. The minimum absolute atomic E-state index is 0.0392. The molecule has 1 aromatic rings. The van der Waals surface area contributed by atoms with Crippen LogP contribution in [0.25, 0.3) is 0 Å². The summed E-state index contributed by atoms with van der Waals surface area (Å²) in [6.45, 7) is 4.88. The number of hydrogen-bond acceptors (Lipinski definition) is 3. The Morgan fingerprint density at radius 2 is 2.25 bits per heavy atom. The van der Waals surface area contributed by atoms with Gasteiger partial charge in [-0.3, -0.25) is 0 Å². The number of rotatable bonds is 3. The molecule has 2 N–H and O–H groups in total. The summed E-state index contributed by atoms with van der Waals surface area (Å²) in [5, 5.41) is 18.8. The van der Waals surface area contributed by atoms with E-state index >= 15 is 0 Å². The van der Waals surface area contributed by atoms with Gasteiger partial charge in [-0.2, -0.15) is 0 Å². The molecule has 0 aliphatic carbocycles. The average molecular weight is 344 g/mol. The van der Waals surface area contributed by atoms with Crippen molar-refractivity contribution in [2.24, 2.45) is 5.41 Å². The van der Waals surface area contributed by atoms with Gasteiger partial charge in [0.05, 0.1) is 6.04 Å². The van der Waals surface area contributed by atoms with Gasteiger partial charge in [-0.25, -0.2) is 4.79 Å². The van der Waals surface area contributed by atoms with Crippen LogP contribution in [0.5, 0.6) is 11.5 Å². The minimum atomic E-state index is -0.917. The van der Waals surface area contributed by atoms with E-state index in [0.717, 1.165) is 6.42 Å². The van der Waals surface area contributed by atoms with Crippen LogP contribution in [0.1, 0.15) is 20.3 Å². The summed E-state index contributed by atoms with van der Waals surface area (Å²) >= 11 is 3.25. The third-order valence-corrected chi connectivity index (χ3v) is 4.24. The molecule has 0 spiro atoms.